The lowest BCUT2D eigenvalue weighted by molar-refractivity contribution is -0.120. The SMILES string of the molecule is CCS(=O)(=O)CCNC(=O)Cc1c(C)[nH]c2c(F)cccc12. The number of halogens is 1. The van der Waals surface area contributed by atoms with Crippen molar-refractivity contribution in [2.24, 2.45) is 0 Å². The van der Waals surface area contributed by atoms with E-state index in [1.807, 2.05) is 0 Å². The highest BCUT2D eigenvalue weighted by molar-refractivity contribution is 7.91. The average Bonchev–Trinajstić information content (AvgIpc) is 2.77. The second kappa shape index (κ2) is 6.48. The maximum absolute atomic E-state index is 13.7. The Balaban J connectivity index is 2.06. The van der Waals surface area contributed by atoms with Crippen LogP contribution < -0.4 is 5.32 Å². The summed E-state index contributed by atoms with van der Waals surface area (Å²) in [7, 11) is -3.10. The Morgan fingerprint density at radius 3 is 2.77 bits per heavy atom. The van der Waals surface area contributed by atoms with Crippen LogP contribution in [0.5, 0.6) is 0 Å². The van der Waals surface area contributed by atoms with Crippen molar-refractivity contribution in [3.05, 3.63) is 35.3 Å². The van der Waals surface area contributed by atoms with E-state index >= 15 is 0 Å². The Morgan fingerprint density at radius 1 is 1.36 bits per heavy atom. The Bertz CT molecular complexity index is 796. The molecule has 0 atom stereocenters. The third-order valence-electron chi connectivity index (χ3n) is 3.62. The number of hydrogen-bond acceptors (Lipinski definition) is 3. The highest BCUT2D eigenvalue weighted by Gasteiger charge is 2.15. The van der Waals surface area contributed by atoms with E-state index in [1.54, 1.807) is 26.0 Å². The van der Waals surface area contributed by atoms with Crippen LogP contribution in [0.25, 0.3) is 10.9 Å². The monoisotopic (exact) mass is 326 g/mol. The summed E-state index contributed by atoms with van der Waals surface area (Å²) >= 11 is 0. The summed E-state index contributed by atoms with van der Waals surface area (Å²) in [5.74, 6) is -0.652. The number of benzene rings is 1. The molecule has 5 nitrogen and oxygen atoms in total. The molecule has 1 aromatic heterocycles. The number of aromatic nitrogens is 1. The molecule has 0 aliphatic heterocycles. The Hall–Kier alpha value is -1.89. The van der Waals surface area contributed by atoms with Gasteiger partial charge in [-0.25, -0.2) is 12.8 Å². The summed E-state index contributed by atoms with van der Waals surface area (Å²) in [5.41, 5.74) is 1.85. The van der Waals surface area contributed by atoms with Crippen LogP contribution in [0.3, 0.4) is 0 Å². The van der Waals surface area contributed by atoms with E-state index in [2.05, 4.69) is 10.3 Å². The third-order valence-corrected chi connectivity index (χ3v) is 5.32. The fourth-order valence-electron chi connectivity index (χ4n) is 2.31. The minimum atomic E-state index is -3.10. The van der Waals surface area contributed by atoms with Gasteiger partial charge in [0, 0.05) is 23.4 Å². The Labute approximate surface area is 128 Å². The largest absolute Gasteiger partial charge is 0.356 e. The predicted molar refractivity (Wildman–Crippen MR) is 84.0 cm³/mol. The van der Waals surface area contributed by atoms with E-state index in [1.165, 1.54) is 6.07 Å². The molecule has 0 unspecified atom stereocenters. The van der Waals surface area contributed by atoms with E-state index in [9.17, 15) is 17.6 Å². The molecule has 2 N–H and O–H groups in total. The van der Waals surface area contributed by atoms with Crippen LogP contribution in [0.4, 0.5) is 4.39 Å². The van der Waals surface area contributed by atoms with Crippen LogP contribution in [0.15, 0.2) is 18.2 Å². The van der Waals surface area contributed by atoms with Crippen molar-refractivity contribution < 1.29 is 17.6 Å². The second-order valence-electron chi connectivity index (χ2n) is 5.15. The van der Waals surface area contributed by atoms with Crippen LogP contribution in [-0.4, -0.2) is 37.4 Å². The molecule has 1 amide bonds. The number of aromatic amines is 1. The molecule has 120 valence electrons. The van der Waals surface area contributed by atoms with Crippen LogP contribution in [0.2, 0.25) is 0 Å². The zero-order valence-electron chi connectivity index (χ0n) is 12.6. The molecule has 0 spiro atoms. The first-order valence-corrected chi connectivity index (χ1v) is 8.89. The predicted octanol–water partition coefficient (Wildman–Crippen LogP) is 1.71. The number of fused-ring (bicyclic) bond motifs is 1. The molecule has 1 heterocycles. The van der Waals surface area contributed by atoms with Crippen LogP contribution in [-0.2, 0) is 21.1 Å². The molecule has 1 aromatic carbocycles. The van der Waals surface area contributed by atoms with Crippen molar-refractivity contribution in [1.82, 2.24) is 10.3 Å². The van der Waals surface area contributed by atoms with Gasteiger partial charge in [0.05, 0.1) is 17.7 Å². The molecule has 7 heteroatoms. The number of amides is 1. The third kappa shape index (κ3) is 3.65. The van der Waals surface area contributed by atoms with Gasteiger partial charge < -0.3 is 10.3 Å². The van der Waals surface area contributed by atoms with Gasteiger partial charge in [-0.15, -0.1) is 0 Å². The van der Waals surface area contributed by atoms with Crippen molar-refractivity contribution in [2.75, 3.05) is 18.1 Å². The molecule has 2 rings (SSSR count). The van der Waals surface area contributed by atoms with E-state index in [-0.39, 0.29) is 36.2 Å². The van der Waals surface area contributed by atoms with E-state index in [0.717, 1.165) is 11.3 Å². The van der Waals surface area contributed by atoms with Crippen molar-refractivity contribution in [2.45, 2.75) is 20.3 Å². The van der Waals surface area contributed by atoms with E-state index in [4.69, 9.17) is 0 Å². The van der Waals surface area contributed by atoms with Gasteiger partial charge in [-0.1, -0.05) is 19.1 Å². The fourth-order valence-corrected chi connectivity index (χ4v) is 3.01. The number of para-hydroxylation sites is 1. The molecule has 0 aliphatic carbocycles. The molecule has 2 aromatic rings. The number of carbonyl (C=O) groups is 1. The maximum Gasteiger partial charge on any atom is 0.224 e. The number of aryl methyl sites for hydroxylation is 1. The smallest absolute Gasteiger partial charge is 0.224 e. The lowest BCUT2D eigenvalue weighted by atomic mass is 10.1. The summed E-state index contributed by atoms with van der Waals surface area (Å²) in [6.07, 6.45) is 0.0848. The second-order valence-corrected chi connectivity index (χ2v) is 7.63. The summed E-state index contributed by atoms with van der Waals surface area (Å²) in [6.45, 7) is 3.44. The standard InChI is InChI=1S/C15H19FN2O3S/c1-3-22(20,21)8-7-17-14(19)9-12-10(2)18-15-11(12)5-4-6-13(15)16/h4-6,18H,3,7-9H2,1-2H3,(H,17,19). The van der Waals surface area contributed by atoms with Crippen molar-refractivity contribution >= 4 is 26.6 Å². The number of H-pyrrole nitrogens is 1. The zero-order valence-corrected chi connectivity index (χ0v) is 13.4. The molecule has 0 radical (unpaired) electrons. The minimum absolute atomic E-state index is 0.0592. The molecule has 0 saturated heterocycles. The van der Waals surface area contributed by atoms with Gasteiger partial charge in [0.2, 0.25) is 5.91 Å². The van der Waals surface area contributed by atoms with Crippen LogP contribution in [0, 0.1) is 12.7 Å². The molecule has 0 saturated carbocycles. The lowest BCUT2D eigenvalue weighted by Crippen LogP contribution is -2.30. The van der Waals surface area contributed by atoms with Crippen molar-refractivity contribution in [3.63, 3.8) is 0 Å². The quantitative estimate of drug-likeness (QED) is 0.848. The number of hydrogen-bond donors (Lipinski definition) is 2. The first-order valence-electron chi connectivity index (χ1n) is 7.07. The number of carbonyl (C=O) groups excluding carboxylic acids is 1. The van der Waals surface area contributed by atoms with Gasteiger partial charge in [-0.2, -0.15) is 0 Å². The lowest BCUT2D eigenvalue weighted by Gasteiger charge is -2.06. The van der Waals surface area contributed by atoms with Gasteiger partial charge in [0.1, 0.15) is 5.82 Å². The first kappa shape index (κ1) is 16.5. The average molecular weight is 326 g/mol. The Morgan fingerprint density at radius 2 is 2.09 bits per heavy atom. The molecule has 22 heavy (non-hydrogen) atoms. The minimum Gasteiger partial charge on any atom is -0.356 e. The molecular formula is C15H19FN2O3S. The summed E-state index contributed by atoms with van der Waals surface area (Å²) in [6, 6.07) is 4.71. The highest BCUT2D eigenvalue weighted by Crippen LogP contribution is 2.24. The van der Waals surface area contributed by atoms with Gasteiger partial charge >= 0.3 is 0 Å². The molecule has 0 bridgehead atoms. The number of nitrogens with one attached hydrogen (secondary N) is 2. The van der Waals surface area contributed by atoms with E-state index < -0.39 is 9.84 Å². The van der Waals surface area contributed by atoms with Gasteiger partial charge in [0.25, 0.3) is 0 Å². The van der Waals surface area contributed by atoms with Crippen molar-refractivity contribution in [1.29, 1.82) is 0 Å². The molecule has 0 fully saturated rings. The summed E-state index contributed by atoms with van der Waals surface area (Å²) in [5, 5.41) is 3.27. The molecule has 0 aliphatic rings. The van der Waals surface area contributed by atoms with Gasteiger partial charge in [-0.05, 0) is 18.6 Å². The topological polar surface area (TPSA) is 79.0 Å². The van der Waals surface area contributed by atoms with Gasteiger partial charge in [-0.3, -0.25) is 4.79 Å². The first-order chi connectivity index (χ1) is 10.3. The number of sulfone groups is 1. The maximum atomic E-state index is 13.7. The Kier molecular flexibility index (Phi) is 4.85. The zero-order chi connectivity index (χ0) is 16.3. The van der Waals surface area contributed by atoms with Crippen LogP contribution in [0.1, 0.15) is 18.2 Å². The van der Waals surface area contributed by atoms with Crippen LogP contribution >= 0.6 is 0 Å². The van der Waals surface area contributed by atoms with Gasteiger partial charge in [0.15, 0.2) is 9.84 Å². The highest BCUT2D eigenvalue weighted by atomic mass is 32.2. The normalized spacial score (nSPS) is 11.8. The summed E-state index contributed by atoms with van der Waals surface area (Å²) in [4.78, 5) is 14.9. The number of rotatable bonds is 6. The molecular weight excluding hydrogens is 307 g/mol. The van der Waals surface area contributed by atoms with Crippen molar-refractivity contribution in [3.8, 4) is 0 Å². The summed E-state index contributed by atoms with van der Waals surface area (Å²) < 4.78 is 36.4. The fraction of sp³-hybridized carbons (Fsp3) is 0.400. The van der Waals surface area contributed by atoms with E-state index in [0.29, 0.717) is 10.9 Å².